The number of hydrogen-bond donors (Lipinski definition) is 0. The number of fused-ring (bicyclic) bond motifs is 2. The van der Waals surface area contributed by atoms with Crippen LogP contribution in [0.25, 0.3) is 11.0 Å². The highest BCUT2D eigenvalue weighted by atomic mass is 32.2. The number of rotatable bonds is 5. The average molecular weight is 427 g/mol. The summed E-state index contributed by atoms with van der Waals surface area (Å²) in [6.45, 7) is 2.75. The number of amides is 1. The van der Waals surface area contributed by atoms with Crippen LogP contribution in [0.4, 0.5) is 5.69 Å². The summed E-state index contributed by atoms with van der Waals surface area (Å²) in [6.07, 6.45) is 1.74. The number of anilines is 1. The molecule has 0 spiro atoms. The number of carbonyl (C=O) groups is 1. The Kier molecular flexibility index (Phi) is 5.15. The standard InChI is InChI=1S/C22H26N4O3S/c1-15-6-5-7-16-12-13-26(22(15)16)21(27)11-10-20-23-18-14-17(30(28,29)24(2)3)8-9-19(18)25(20)4/h5-9,14H,10-13H2,1-4H3. The molecule has 158 valence electrons. The van der Waals surface area contributed by atoms with Crippen molar-refractivity contribution in [2.75, 3.05) is 25.5 Å². The second kappa shape index (κ2) is 7.52. The third-order valence-corrected chi connectivity index (χ3v) is 7.59. The summed E-state index contributed by atoms with van der Waals surface area (Å²) >= 11 is 0. The summed E-state index contributed by atoms with van der Waals surface area (Å²) in [5.74, 6) is 0.855. The van der Waals surface area contributed by atoms with Gasteiger partial charge in [0, 0.05) is 46.2 Å². The van der Waals surface area contributed by atoms with Gasteiger partial charge in [0.25, 0.3) is 0 Å². The van der Waals surface area contributed by atoms with Gasteiger partial charge in [0.05, 0.1) is 15.9 Å². The fourth-order valence-electron chi connectivity index (χ4n) is 4.08. The molecule has 1 aliphatic heterocycles. The highest BCUT2D eigenvalue weighted by Gasteiger charge is 2.26. The number of benzene rings is 2. The summed E-state index contributed by atoms with van der Waals surface area (Å²) < 4.78 is 27.9. The van der Waals surface area contributed by atoms with E-state index in [1.165, 1.54) is 24.0 Å². The molecule has 30 heavy (non-hydrogen) atoms. The van der Waals surface area contributed by atoms with Crippen molar-refractivity contribution in [3.8, 4) is 0 Å². The highest BCUT2D eigenvalue weighted by molar-refractivity contribution is 7.89. The molecule has 0 saturated carbocycles. The van der Waals surface area contributed by atoms with Crippen LogP contribution < -0.4 is 4.90 Å². The van der Waals surface area contributed by atoms with E-state index in [1.807, 2.05) is 35.6 Å². The van der Waals surface area contributed by atoms with E-state index in [2.05, 4.69) is 11.1 Å². The van der Waals surface area contributed by atoms with E-state index in [9.17, 15) is 13.2 Å². The molecular formula is C22H26N4O3S. The Balaban J connectivity index is 1.55. The molecule has 8 heteroatoms. The second-order valence-corrected chi connectivity index (χ2v) is 10.1. The lowest BCUT2D eigenvalue weighted by atomic mass is 10.1. The van der Waals surface area contributed by atoms with Crippen LogP contribution in [0.3, 0.4) is 0 Å². The third-order valence-electron chi connectivity index (χ3n) is 5.78. The van der Waals surface area contributed by atoms with Crippen molar-refractivity contribution in [1.29, 1.82) is 0 Å². The van der Waals surface area contributed by atoms with Gasteiger partial charge in [-0.3, -0.25) is 4.79 Å². The zero-order valence-corrected chi connectivity index (χ0v) is 18.5. The number of aromatic nitrogens is 2. The highest BCUT2D eigenvalue weighted by Crippen LogP contribution is 2.32. The van der Waals surface area contributed by atoms with E-state index in [-0.39, 0.29) is 10.8 Å². The Hall–Kier alpha value is -2.71. The number of nitrogens with zero attached hydrogens (tertiary/aromatic N) is 4. The average Bonchev–Trinajstić information content (AvgIpc) is 3.28. The monoisotopic (exact) mass is 426 g/mol. The normalized spacial score (nSPS) is 14.0. The van der Waals surface area contributed by atoms with E-state index in [1.54, 1.807) is 18.2 Å². The summed E-state index contributed by atoms with van der Waals surface area (Å²) in [5, 5.41) is 0. The summed E-state index contributed by atoms with van der Waals surface area (Å²) in [7, 11) is 1.39. The van der Waals surface area contributed by atoms with Crippen molar-refractivity contribution in [2.24, 2.45) is 7.05 Å². The van der Waals surface area contributed by atoms with Crippen LogP contribution in [0.15, 0.2) is 41.3 Å². The summed E-state index contributed by atoms with van der Waals surface area (Å²) in [6, 6.07) is 11.1. The molecule has 2 aromatic carbocycles. The van der Waals surface area contributed by atoms with Crippen molar-refractivity contribution < 1.29 is 13.2 Å². The molecule has 0 aliphatic carbocycles. The predicted molar refractivity (Wildman–Crippen MR) is 117 cm³/mol. The molecule has 0 atom stereocenters. The molecular weight excluding hydrogens is 400 g/mol. The number of aryl methyl sites for hydroxylation is 3. The lowest BCUT2D eigenvalue weighted by Gasteiger charge is -2.19. The Morgan fingerprint density at radius 2 is 1.97 bits per heavy atom. The molecule has 0 fully saturated rings. The lowest BCUT2D eigenvalue weighted by molar-refractivity contribution is -0.118. The van der Waals surface area contributed by atoms with Gasteiger partial charge in [0.1, 0.15) is 5.82 Å². The molecule has 1 aromatic heterocycles. The number of imidazole rings is 1. The van der Waals surface area contributed by atoms with Crippen LogP contribution in [0.1, 0.15) is 23.4 Å². The molecule has 0 saturated heterocycles. The topological polar surface area (TPSA) is 75.5 Å². The molecule has 1 aliphatic rings. The third kappa shape index (κ3) is 3.40. The van der Waals surface area contributed by atoms with Gasteiger partial charge >= 0.3 is 0 Å². The van der Waals surface area contributed by atoms with Gasteiger partial charge in [-0.05, 0) is 42.7 Å². The zero-order chi connectivity index (χ0) is 21.6. The first kappa shape index (κ1) is 20.6. The van der Waals surface area contributed by atoms with Crippen LogP contribution in [0.5, 0.6) is 0 Å². The van der Waals surface area contributed by atoms with Crippen LogP contribution in [0.2, 0.25) is 0 Å². The van der Waals surface area contributed by atoms with Gasteiger partial charge < -0.3 is 9.47 Å². The lowest BCUT2D eigenvalue weighted by Crippen LogP contribution is -2.29. The molecule has 3 aromatic rings. The van der Waals surface area contributed by atoms with E-state index < -0.39 is 10.0 Å². The van der Waals surface area contributed by atoms with Crippen molar-refractivity contribution in [3.63, 3.8) is 0 Å². The molecule has 2 heterocycles. The number of hydrogen-bond acceptors (Lipinski definition) is 4. The van der Waals surface area contributed by atoms with Gasteiger partial charge in [-0.15, -0.1) is 0 Å². The maximum atomic E-state index is 12.9. The van der Waals surface area contributed by atoms with Gasteiger partial charge in [-0.2, -0.15) is 0 Å². The minimum absolute atomic E-state index is 0.0889. The van der Waals surface area contributed by atoms with E-state index in [0.717, 1.165) is 29.0 Å². The fourth-order valence-corrected chi connectivity index (χ4v) is 5.00. The first-order valence-corrected chi connectivity index (χ1v) is 11.4. The maximum Gasteiger partial charge on any atom is 0.242 e. The first-order valence-electron chi connectivity index (χ1n) is 9.97. The Morgan fingerprint density at radius 3 is 2.70 bits per heavy atom. The summed E-state index contributed by atoms with van der Waals surface area (Å²) in [5.41, 5.74) is 4.85. The van der Waals surface area contributed by atoms with E-state index >= 15 is 0 Å². The zero-order valence-electron chi connectivity index (χ0n) is 17.7. The van der Waals surface area contributed by atoms with Crippen LogP contribution >= 0.6 is 0 Å². The van der Waals surface area contributed by atoms with E-state index in [0.29, 0.717) is 24.9 Å². The minimum atomic E-state index is -3.52. The smallest absolute Gasteiger partial charge is 0.242 e. The Bertz CT molecular complexity index is 1240. The van der Waals surface area contributed by atoms with Crippen LogP contribution in [-0.4, -0.2) is 48.8 Å². The first-order chi connectivity index (χ1) is 14.2. The maximum absolute atomic E-state index is 12.9. The van der Waals surface area contributed by atoms with Gasteiger partial charge in [-0.1, -0.05) is 18.2 Å². The second-order valence-electron chi connectivity index (χ2n) is 7.90. The molecule has 0 bridgehead atoms. The number of sulfonamides is 1. The minimum Gasteiger partial charge on any atom is -0.331 e. The SMILES string of the molecule is Cc1cccc2c1N(C(=O)CCc1nc3cc(S(=O)(=O)N(C)C)ccc3n1C)CC2. The molecule has 0 unspecified atom stereocenters. The number of carbonyl (C=O) groups excluding carboxylic acids is 1. The van der Waals surface area contributed by atoms with E-state index in [4.69, 9.17) is 0 Å². The largest absolute Gasteiger partial charge is 0.331 e. The Labute approximate surface area is 177 Å². The fraction of sp³-hybridized carbons (Fsp3) is 0.364. The Morgan fingerprint density at radius 1 is 1.20 bits per heavy atom. The summed E-state index contributed by atoms with van der Waals surface area (Å²) in [4.78, 5) is 19.6. The van der Waals surface area contributed by atoms with Crippen LogP contribution in [-0.2, 0) is 34.7 Å². The molecule has 4 rings (SSSR count). The molecule has 0 N–H and O–H groups in total. The van der Waals surface area contributed by atoms with Gasteiger partial charge in [0.15, 0.2) is 0 Å². The molecule has 1 amide bonds. The van der Waals surface area contributed by atoms with Crippen molar-refractivity contribution in [3.05, 3.63) is 53.3 Å². The van der Waals surface area contributed by atoms with Gasteiger partial charge in [0.2, 0.25) is 15.9 Å². The predicted octanol–water partition coefficient (Wildman–Crippen LogP) is 2.65. The van der Waals surface area contributed by atoms with Crippen molar-refractivity contribution >= 4 is 32.7 Å². The number of para-hydroxylation sites is 1. The molecule has 7 nitrogen and oxygen atoms in total. The molecule has 0 radical (unpaired) electrons. The van der Waals surface area contributed by atoms with Crippen molar-refractivity contribution in [2.45, 2.75) is 31.1 Å². The van der Waals surface area contributed by atoms with Crippen LogP contribution in [0, 0.1) is 6.92 Å². The van der Waals surface area contributed by atoms with Gasteiger partial charge in [-0.25, -0.2) is 17.7 Å². The van der Waals surface area contributed by atoms with Crippen molar-refractivity contribution in [1.82, 2.24) is 13.9 Å². The quantitative estimate of drug-likeness (QED) is 0.629.